The molecule has 2 aliphatic rings. The molecule has 0 radical (unpaired) electrons. The molecule has 0 saturated carbocycles. The molecule has 3 N–H and O–H groups in total. The van der Waals surface area contributed by atoms with E-state index in [1.807, 2.05) is 6.07 Å². The van der Waals surface area contributed by atoms with Crippen molar-refractivity contribution < 1.29 is 19.1 Å². The third kappa shape index (κ3) is 2.61. The van der Waals surface area contributed by atoms with Gasteiger partial charge in [-0.05, 0) is 29.8 Å². The second-order valence-corrected chi connectivity index (χ2v) is 6.66. The van der Waals surface area contributed by atoms with Gasteiger partial charge < -0.3 is 19.9 Å². The molecule has 10 heteroatoms. The maximum absolute atomic E-state index is 11.0. The molecule has 148 valence electrons. The zero-order valence-corrected chi connectivity index (χ0v) is 15.3. The van der Waals surface area contributed by atoms with Gasteiger partial charge >= 0.3 is 0 Å². The van der Waals surface area contributed by atoms with Gasteiger partial charge in [-0.25, -0.2) is 0 Å². The van der Waals surface area contributed by atoms with Crippen LogP contribution in [0.25, 0.3) is 11.3 Å². The van der Waals surface area contributed by atoms with Crippen LogP contribution in [0.15, 0.2) is 53.9 Å². The summed E-state index contributed by atoms with van der Waals surface area (Å²) in [7, 11) is 0. The lowest BCUT2D eigenvalue weighted by molar-refractivity contribution is -0.384. The summed E-state index contributed by atoms with van der Waals surface area (Å²) in [4.78, 5) is 10.5. The number of aromatic amines is 1. The van der Waals surface area contributed by atoms with Crippen LogP contribution >= 0.6 is 0 Å². The third-order valence-electron chi connectivity index (χ3n) is 5.04. The molecule has 5 rings (SSSR count). The van der Waals surface area contributed by atoms with Crippen molar-refractivity contribution in [1.82, 2.24) is 10.2 Å². The lowest BCUT2D eigenvalue weighted by atomic mass is 9.83. The lowest BCUT2D eigenvalue weighted by Crippen LogP contribution is -2.21. The van der Waals surface area contributed by atoms with Crippen molar-refractivity contribution in [3.8, 4) is 34.7 Å². The molecule has 1 unspecified atom stereocenters. The SMILES string of the molecule is N#CC1=C(N)Oc2n[nH]c(-c3ccc([N+](=O)[O-])cc3)c2C1c1ccc2c(c1)OCO2. The standard InChI is InChI=1S/C20H13N5O5/c21-8-13-16(11-3-6-14-15(7-11)29-9-28-14)17-18(23-24-20(17)30-19(13)22)10-1-4-12(5-2-10)25(26)27/h1-7,16H,9,22H2,(H,23,24). The maximum atomic E-state index is 11.0. The molecule has 0 aliphatic carbocycles. The number of nitro groups is 1. The Hall–Kier alpha value is -4.52. The number of nitrogens with two attached hydrogens (primary N) is 1. The number of non-ortho nitro benzene ring substituents is 1. The van der Waals surface area contributed by atoms with Gasteiger partial charge in [-0.15, -0.1) is 5.10 Å². The summed E-state index contributed by atoms with van der Waals surface area (Å²) in [5, 5.41) is 27.8. The summed E-state index contributed by atoms with van der Waals surface area (Å²) in [6.07, 6.45) is 0. The number of H-pyrrole nitrogens is 1. The molecule has 10 nitrogen and oxygen atoms in total. The summed E-state index contributed by atoms with van der Waals surface area (Å²) in [6, 6.07) is 13.5. The van der Waals surface area contributed by atoms with E-state index in [1.54, 1.807) is 24.3 Å². The van der Waals surface area contributed by atoms with Gasteiger partial charge in [0.2, 0.25) is 18.6 Å². The van der Waals surface area contributed by atoms with Crippen LogP contribution in [0.2, 0.25) is 0 Å². The van der Waals surface area contributed by atoms with Crippen LogP contribution in [0.1, 0.15) is 17.0 Å². The largest absolute Gasteiger partial charge is 0.454 e. The van der Waals surface area contributed by atoms with Crippen LogP contribution in [-0.4, -0.2) is 21.9 Å². The fraction of sp³-hybridized carbons (Fsp3) is 0.100. The van der Waals surface area contributed by atoms with E-state index in [2.05, 4.69) is 16.3 Å². The smallest absolute Gasteiger partial charge is 0.269 e. The molecular weight excluding hydrogens is 390 g/mol. The van der Waals surface area contributed by atoms with Gasteiger partial charge in [0.15, 0.2) is 11.5 Å². The molecule has 2 aliphatic heterocycles. The van der Waals surface area contributed by atoms with Gasteiger partial charge in [-0.3, -0.25) is 15.2 Å². The number of allylic oxidation sites excluding steroid dienone is 1. The molecular formula is C20H13N5O5. The average molecular weight is 403 g/mol. The molecule has 2 aromatic carbocycles. The first kappa shape index (κ1) is 17.6. The van der Waals surface area contributed by atoms with Crippen LogP contribution < -0.4 is 19.9 Å². The van der Waals surface area contributed by atoms with Gasteiger partial charge in [-0.1, -0.05) is 6.07 Å². The van der Waals surface area contributed by atoms with E-state index in [-0.39, 0.29) is 29.8 Å². The lowest BCUT2D eigenvalue weighted by Gasteiger charge is -2.24. The summed E-state index contributed by atoms with van der Waals surface area (Å²) >= 11 is 0. The zero-order valence-electron chi connectivity index (χ0n) is 15.3. The molecule has 0 spiro atoms. The maximum Gasteiger partial charge on any atom is 0.269 e. The van der Waals surface area contributed by atoms with Crippen LogP contribution in [0.3, 0.4) is 0 Å². The predicted octanol–water partition coefficient (Wildman–Crippen LogP) is 2.93. The topological polar surface area (TPSA) is 149 Å². The minimum absolute atomic E-state index is 0.0300. The molecule has 1 aromatic heterocycles. The normalized spacial score (nSPS) is 16.6. The highest BCUT2D eigenvalue weighted by molar-refractivity contribution is 5.72. The Kier molecular flexibility index (Phi) is 3.82. The second kappa shape index (κ2) is 6.52. The van der Waals surface area contributed by atoms with E-state index < -0.39 is 10.8 Å². The zero-order chi connectivity index (χ0) is 20.8. The summed E-state index contributed by atoms with van der Waals surface area (Å²) in [6.45, 7) is 0.126. The first-order valence-electron chi connectivity index (χ1n) is 8.87. The molecule has 0 amide bonds. The number of ether oxygens (including phenoxy) is 3. The van der Waals surface area contributed by atoms with E-state index in [0.717, 1.165) is 5.56 Å². The van der Waals surface area contributed by atoms with Crippen LogP contribution in [0, 0.1) is 21.4 Å². The van der Waals surface area contributed by atoms with Gasteiger partial charge in [0.1, 0.15) is 11.6 Å². The van der Waals surface area contributed by atoms with Gasteiger partial charge in [0.25, 0.3) is 5.69 Å². The number of nitro benzene ring substituents is 1. The number of aromatic nitrogens is 2. The molecule has 1 atom stereocenters. The molecule has 3 heterocycles. The van der Waals surface area contributed by atoms with Crippen molar-refractivity contribution in [1.29, 1.82) is 5.26 Å². The number of nitrogens with zero attached hydrogens (tertiary/aromatic N) is 3. The van der Waals surface area contributed by atoms with E-state index >= 15 is 0 Å². The van der Waals surface area contributed by atoms with Crippen molar-refractivity contribution in [2.75, 3.05) is 6.79 Å². The van der Waals surface area contributed by atoms with E-state index in [9.17, 15) is 15.4 Å². The first-order chi connectivity index (χ1) is 14.6. The quantitative estimate of drug-likeness (QED) is 0.501. The highest BCUT2D eigenvalue weighted by atomic mass is 16.7. The Bertz CT molecular complexity index is 1260. The van der Waals surface area contributed by atoms with Gasteiger partial charge in [-0.2, -0.15) is 5.26 Å². The van der Waals surface area contributed by atoms with E-state index in [0.29, 0.717) is 28.3 Å². The number of fused-ring (bicyclic) bond motifs is 2. The van der Waals surface area contributed by atoms with Crippen molar-refractivity contribution in [2.24, 2.45) is 5.73 Å². The van der Waals surface area contributed by atoms with Crippen LogP contribution in [0.5, 0.6) is 17.4 Å². The average Bonchev–Trinajstić information content (AvgIpc) is 3.39. The Morgan fingerprint density at radius 1 is 1.20 bits per heavy atom. The predicted molar refractivity (Wildman–Crippen MR) is 103 cm³/mol. The van der Waals surface area contributed by atoms with E-state index in [4.69, 9.17) is 19.9 Å². The number of nitrogens with one attached hydrogen (secondary N) is 1. The molecule has 30 heavy (non-hydrogen) atoms. The van der Waals surface area contributed by atoms with Crippen molar-refractivity contribution in [3.05, 3.63) is 75.2 Å². The number of benzene rings is 2. The highest BCUT2D eigenvalue weighted by Gasteiger charge is 2.36. The van der Waals surface area contributed by atoms with E-state index in [1.165, 1.54) is 12.1 Å². The minimum atomic E-state index is -0.572. The summed E-state index contributed by atoms with van der Waals surface area (Å²) in [5.74, 6) is 0.815. The second-order valence-electron chi connectivity index (χ2n) is 6.66. The molecule has 0 saturated heterocycles. The van der Waals surface area contributed by atoms with Gasteiger partial charge in [0.05, 0.1) is 22.1 Å². The fourth-order valence-electron chi connectivity index (χ4n) is 3.64. The molecule has 0 bridgehead atoms. The van der Waals surface area contributed by atoms with Crippen LogP contribution in [-0.2, 0) is 0 Å². The molecule has 3 aromatic rings. The van der Waals surface area contributed by atoms with Crippen molar-refractivity contribution in [2.45, 2.75) is 5.92 Å². The van der Waals surface area contributed by atoms with Gasteiger partial charge in [0, 0.05) is 17.7 Å². The Morgan fingerprint density at radius 2 is 1.97 bits per heavy atom. The molecule has 0 fully saturated rings. The Labute approximate surface area is 169 Å². The van der Waals surface area contributed by atoms with Crippen LogP contribution in [0.4, 0.5) is 5.69 Å². The number of rotatable bonds is 3. The summed E-state index contributed by atoms with van der Waals surface area (Å²) in [5.41, 5.74) is 8.77. The third-order valence-corrected chi connectivity index (χ3v) is 5.04. The first-order valence-corrected chi connectivity index (χ1v) is 8.87. The summed E-state index contributed by atoms with van der Waals surface area (Å²) < 4.78 is 16.4. The minimum Gasteiger partial charge on any atom is -0.454 e. The monoisotopic (exact) mass is 403 g/mol. The van der Waals surface area contributed by atoms with Crippen molar-refractivity contribution >= 4 is 5.69 Å². The number of nitriles is 1. The Morgan fingerprint density at radius 3 is 2.70 bits per heavy atom. The number of hydrogen-bond acceptors (Lipinski definition) is 8. The number of hydrogen-bond donors (Lipinski definition) is 2. The fourth-order valence-corrected chi connectivity index (χ4v) is 3.64. The highest BCUT2D eigenvalue weighted by Crippen LogP contribution is 2.47. The Balaban J connectivity index is 1.67. The van der Waals surface area contributed by atoms with Crippen molar-refractivity contribution in [3.63, 3.8) is 0 Å².